The second-order valence-electron chi connectivity index (χ2n) is 7.18. The number of thiophene rings is 1. The summed E-state index contributed by atoms with van der Waals surface area (Å²) in [7, 11) is 1.66. The predicted molar refractivity (Wildman–Crippen MR) is 120 cm³/mol. The van der Waals surface area contributed by atoms with Crippen LogP contribution in [0.25, 0.3) is 0 Å². The number of nitrogens with zero attached hydrogens (tertiary/aromatic N) is 2. The maximum absolute atomic E-state index is 13.3. The Morgan fingerprint density at radius 3 is 2.33 bits per heavy atom. The van der Waals surface area contributed by atoms with E-state index in [0.29, 0.717) is 29.1 Å². The Bertz CT molecular complexity index is 1020. The molecule has 2 heterocycles. The van der Waals surface area contributed by atoms with Gasteiger partial charge in [0.2, 0.25) is 5.78 Å². The molecule has 0 atom stereocenters. The summed E-state index contributed by atoms with van der Waals surface area (Å²) in [5.41, 5.74) is 2.08. The van der Waals surface area contributed by atoms with Crippen LogP contribution in [0.5, 0.6) is 5.75 Å². The first kappa shape index (κ1) is 20.2. The van der Waals surface area contributed by atoms with Gasteiger partial charge in [-0.25, -0.2) is 0 Å². The Hall–Kier alpha value is -3.12. The summed E-state index contributed by atoms with van der Waals surface area (Å²) < 4.78 is 5.24. The van der Waals surface area contributed by atoms with Gasteiger partial charge in [0, 0.05) is 37.4 Å². The van der Waals surface area contributed by atoms with Crippen molar-refractivity contribution in [2.45, 2.75) is 6.42 Å². The van der Waals surface area contributed by atoms with Gasteiger partial charge in [-0.05, 0) is 48.2 Å². The van der Waals surface area contributed by atoms with Crippen LogP contribution < -0.4 is 9.64 Å². The first-order chi connectivity index (χ1) is 14.7. The van der Waals surface area contributed by atoms with Crippen molar-refractivity contribution >= 4 is 28.7 Å². The van der Waals surface area contributed by atoms with Crippen LogP contribution in [0.15, 0.2) is 66.0 Å². The van der Waals surface area contributed by atoms with Crippen LogP contribution in [-0.4, -0.2) is 49.9 Å². The van der Waals surface area contributed by atoms with Gasteiger partial charge in [0.15, 0.2) is 0 Å². The van der Waals surface area contributed by atoms with Crippen LogP contribution in [0, 0.1) is 0 Å². The lowest BCUT2D eigenvalue weighted by molar-refractivity contribution is 0.0762. The molecular weight excluding hydrogens is 396 g/mol. The van der Waals surface area contributed by atoms with E-state index >= 15 is 0 Å². The standard InChI is InChI=1S/C24H24N2O3S/c1-29-19-11-9-18(10-12-19)25-13-5-14-26(16-15-25)24(28)21-7-3-2-6-20(21)23(27)22-8-4-17-30-22/h2-4,6-12,17H,5,13-16H2,1H3. The van der Waals surface area contributed by atoms with Crippen molar-refractivity contribution in [1.29, 1.82) is 0 Å². The molecule has 0 spiro atoms. The molecule has 2 aromatic carbocycles. The lowest BCUT2D eigenvalue weighted by Gasteiger charge is -2.24. The number of hydrogen-bond donors (Lipinski definition) is 0. The van der Waals surface area contributed by atoms with E-state index in [1.807, 2.05) is 52.7 Å². The molecule has 1 amide bonds. The molecule has 0 saturated carbocycles. The highest BCUT2D eigenvalue weighted by molar-refractivity contribution is 7.12. The van der Waals surface area contributed by atoms with E-state index in [1.165, 1.54) is 11.3 Å². The van der Waals surface area contributed by atoms with Gasteiger partial charge in [0.1, 0.15) is 5.75 Å². The topological polar surface area (TPSA) is 49.9 Å². The van der Waals surface area contributed by atoms with E-state index in [4.69, 9.17) is 4.74 Å². The molecule has 1 aliphatic rings. The van der Waals surface area contributed by atoms with E-state index < -0.39 is 0 Å². The molecule has 0 N–H and O–H groups in total. The van der Waals surface area contributed by atoms with E-state index in [9.17, 15) is 9.59 Å². The first-order valence-corrected chi connectivity index (χ1v) is 10.9. The van der Waals surface area contributed by atoms with Gasteiger partial charge in [0.25, 0.3) is 5.91 Å². The van der Waals surface area contributed by atoms with Crippen LogP contribution in [0.1, 0.15) is 32.0 Å². The average Bonchev–Trinajstić information content (AvgIpc) is 3.23. The molecule has 1 aliphatic heterocycles. The number of benzene rings is 2. The van der Waals surface area contributed by atoms with E-state index in [0.717, 1.165) is 30.9 Å². The number of ketones is 1. The minimum absolute atomic E-state index is 0.0768. The minimum Gasteiger partial charge on any atom is -0.497 e. The number of ether oxygens (including phenoxy) is 1. The van der Waals surface area contributed by atoms with Crippen molar-refractivity contribution in [2.24, 2.45) is 0 Å². The van der Waals surface area contributed by atoms with Gasteiger partial charge in [0.05, 0.1) is 17.6 Å². The molecular formula is C24H24N2O3S. The smallest absolute Gasteiger partial charge is 0.254 e. The lowest BCUT2D eigenvalue weighted by atomic mass is 10.0. The fraction of sp³-hybridized carbons (Fsp3) is 0.250. The van der Waals surface area contributed by atoms with Gasteiger partial charge >= 0.3 is 0 Å². The van der Waals surface area contributed by atoms with E-state index in [1.54, 1.807) is 25.3 Å². The van der Waals surface area contributed by atoms with Crippen LogP contribution in [0.4, 0.5) is 5.69 Å². The van der Waals surface area contributed by atoms with Crippen molar-refractivity contribution in [3.63, 3.8) is 0 Å². The zero-order valence-corrected chi connectivity index (χ0v) is 17.7. The highest BCUT2D eigenvalue weighted by Crippen LogP contribution is 2.23. The summed E-state index contributed by atoms with van der Waals surface area (Å²) in [6.07, 6.45) is 0.874. The van der Waals surface area contributed by atoms with Crippen molar-refractivity contribution in [1.82, 2.24) is 4.90 Å². The Labute approximate surface area is 180 Å². The fourth-order valence-corrected chi connectivity index (χ4v) is 4.43. The number of rotatable bonds is 5. The SMILES string of the molecule is COc1ccc(N2CCCN(C(=O)c3ccccc3C(=O)c3cccs3)CC2)cc1. The molecule has 0 aliphatic carbocycles. The normalized spacial score (nSPS) is 14.3. The molecule has 3 aromatic rings. The summed E-state index contributed by atoms with van der Waals surface area (Å²) in [5.74, 6) is 0.660. The van der Waals surface area contributed by atoms with Crippen molar-refractivity contribution < 1.29 is 14.3 Å². The molecule has 1 aromatic heterocycles. The van der Waals surface area contributed by atoms with Gasteiger partial charge in [-0.2, -0.15) is 0 Å². The molecule has 1 saturated heterocycles. The van der Waals surface area contributed by atoms with E-state index in [-0.39, 0.29) is 11.7 Å². The summed E-state index contributed by atoms with van der Waals surface area (Å²) in [4.78, 5) is 31.0. The molecule has 0 radical (unpaired) electrons. The van der Waals surface area contributed by atoms with Crippen LogP contribution in [0.3, 0.4) is 0 Å². The number of carbonyl (C=O) groups is 2. The van der Waals surface area contributed by atoms with Crippen molar-refractivity contribution in [2.75, 3.05) is 38.2 Å². The monoisotopic (exact) mass is 420 g/mol. The molecule has 1 fully saturated rings. The number of carbonyl (C=O) groups excluding carboxylic acids is 2. The predicted octanol–water partition coefficient (Wildman–Crippen LogP) is 4.34. The van der Waals surface area contributed by atoms with Gasteiger partial charge in [-0.3, -0.25) is 9.59 Å². The molecule has 0 unspecified atom stereocenters. The zero-order valence-electron chi connectivity index (χ0n) is 16.9. The molecule has 30 heavy (non-hydrogen) atoms. The third-order valence-electron chi connectivity index (χ3n) is 5.37. The molecule has 5 nitrogen and oxygen atoms in total. The zero-order chi connectivity index (χ0) is 20.9. The highest BCUT2D eigenvalue weighted by Gasteiger charge is 2.25. The lowest BCUT2D eigenvalue weighted by Crippen LogP contribution is -2.36. The Morgan fingerprint density at radius 1 is 0.867 bits per heavy atom. The summed E-state index contributed by atoms with van der Waals surface area (Å²) in [6.45, 7) is 2.92. The summed E-state index contributed by atoms with van der Waals surface area (Å²) in [6, 6.07) is 18.8. The van der Waals surface area contributed by atoms with Crippen molar-refractivity contribution in [3.8, 4) is 5.75 Å². The van der Waals surface area contributed by atoms with E-state index in [2.05, 4.69) is 4.90 Å². The Kier molecular flexibility index (Phi) is 6.14. The third-order valence-corrected chi connectivity index (χ3v) is 6.24. The minimum atomic E-state index is -0.0939. The van der Waals surface area contributed by atoms with Crippen LogP contribution in [-0.2, 0) is 0 Å². The number of amides is 1. The number of methoxy groups -OCH3 is 1. The largest absolute Gasteiger partial charge is 0.497 e. The number of anilines is 1. The molecule has 4 rings (SSSR count). The fourth-order valence-electron chi connectivity index (χ4n) is 3.75. The molecule has 6 heteroatoms. The van der Waals surface area contributed by atoms with Gasteiger partial charge < -0.3 is 14.5 Å². The first-order valence-electron chi connectivity index (χ1n) is 10.0. The maximum Gasteiger partial charge on any atom is 0.254 e. The maximum atomic E-state index is 13.3. The second kappa shape index (κ2) is 9.13. The third kappa shape index (κ3) is 4.24. The highest BCUT2D eigenvalue weighted by atomic mass is 32.1. The van der Waals surface area contributed by atoms with Gasteiger partial charge in [-0.1, -0.05) is 24.3 Å². The summed E-state index contributed by atoms with van der Waals surface area (Å²) in [5, 5.41) is 1.88. The van der Waals surface area contributed by atoms with Crippen LogP contribution in [0.2, 0.25) is 0 Å². The quantitative estimate of drug-likeness (QED) is 0.576. The second-order valence-corrected chi connectivity index (χ2v) is 8.13. The summed E-state index contributed by atoms with van der Waals surface area (Å²) >= 11 is 1.40. The van der Waals surface area contributed by atoms with Crippen LogP contribution >= 0.6 is 11.3 Å². The Morgan fingerprint density at radius 2 is 1.63 bits per heavy atom. The average molecular weight is 421 g/mol. The Balaban J connectivity index is 1.50. The number of hydrogen-bond acceptors (Lipinski definition) is 5. The van der Waals surface area contributed by atoms with Gasteiger partial charge in [-0.15, -0.1) is 11.3 Å². The molecule has 0 bridgehead atoms. The molecule has 154 valence electrons. The van der Waals surface area contributed by atoms with Crippen molar-refractivity contribution in [3.05, 3.63) is 82.0 Å².